The number of rotatable bonds is 3. The van der Waals surface area contributed by atoms with Crippen molar-refractivity contribution < 1.29 is 4.57 Å². The monoisotopic (exact) mass is 215 g/mol. The largest absolute Gasteiger partial charge is 0.323 e. The molecule has 0 spiro atoms. The highest BCUT2D eigenvalue weighted by Gasteiger charge is 2.17. The summed E-state index contributed by atoms with van der Waals surface area (Å²) < 4.78 is 11.6. The first-order chi connectivity index (χ1) is 6.38. The smallest absolute Gasteiger partial charge is 0.0951 e. The summed E-state index contributed by atoms with van der Waals surface area (Å²) in [5.41, 5.74) is 1.56. The number of hydrogen-bond acceptors (Lipinski definition) is 2. The zero-order chi connectivity index (χ0) is 10.8. The van der Waals surface area contributed by atoms with Gasteiger partial charge in [-0.25, -0.2) is 0 Å². The lowest BCUT2D eigenvalue weighted by atomic mass is 9.97. The Morgan fingerprint density at radius 3 is 2.50 bits per heavy atom. The lowest BCUT2D eigenvalue weighted by Gasteiger charge is -2.28. The van der Waals surface area contributed by atoms with Crippen LogP contribution in [0, 0.1) is 5.92 Å². The summed E-state index contributed by atoms with van der Waals surface area (Å²) in [5.74, 6) is 0.673. The fraction of sp³-hybridized carbons (Fsp3) is 0.818. The minimum Gasteiger partial charge on any atom is -0.323 e. The summed E-state index contributed by atoms with van der Waals surface area (Å²) in [4.78, 5) is 2.30. The van der Waals surface area contributed by atoms with Crippen LogP contribution >= 0.6 is 7.14 Å². The van der Waals surface area contributed by atoms with E-state index in [1.165, 1.54) is 0 Å². The molecule has 0 amide bonds. The molecule has 0 saturated heterocycles. The topological polar surface area (TPSA) is 20.3 Å². The molecule has 82 valence electrons. The van der Waals surface area contributed by atoms with E-state index in [1.807, 2.05) is 13.3 Å². The molecule has 0 aromatic carbocycles. The SMILES string of the molecule is CC(C)C1=CCN(CP(C)(C)=O)CC1. The van der Waals surface area contributed by atoms with Gasteiger partial charge in [0.25, 0.3) is 0 Å². The summed E-state index contributed by atoms with van der Waals surface area (Å²) in [7, 11) is -1.88. The van der Waals surface area contributed by atoms with E-state index in [-0.39, 0.29) is 0 Å². The average molecular weight is 215 g/mol. The Bertz CT molecular complexity index is 264. The van der Waals surface area contributed by atoms with Gasteiger partial charge in [0, 0.05) is 13.1 Å². The average Bonchev–Trinajstić information content (AvgIpc) is 2.02. The van der Waals surface area contributed by atoms with Crippen LogP contribution in [0.4, 0.5) is 0 Å². The summed E-state index contributed by atoms with van der Waals surface area (Å²) in [6.07, 6.45) is 4.23. The summed E-state index contributed by atoms with van der Waals surface area (Å²) >= 11 is 0. The third-order valence-corrected chi connectivity index (χ3v) is 3.69. The molecule has 14 heavy (non-hydrogen) atoms. The van der Waals surface area contributed by atoms with Crippen molar-refractivity contribution in [3.63, 3.8) is 0 Å². The van der Waals surface area contributed by atoms with Crippen LogP contribution in [0.3, 0.4) is 0 Å². The van der Waals surface area contributed by atoms with Gasteiger partial charge in [0.05, 0.1) is 13.4 Å². The Balaban J connectivity index is 2.47. The maximum absolute atomic E-state index is 11.6. The lowest BCUT2D eigenvalue weighted by Crippen LogP contribution is -2.30. The first-order valence-corrected chi connectivity index (χ1v) is 8.12. The van der Waals surface area contributed by atoms with Crippen LogP contribution in [-0.2, 0) is 4.57 Å². The van der Waals surface area contributed by atoms with E-state index in [4.69, 9.17) is 0 Å². The summed E-state index contributed by atoms with van der Waals surface area (Å²) in [6.45, 7) is 10.3. The van der Waals surface area contributed by atoms with Gasteiger partial charge in [0.2, 0.25) is 0 Å². The van der Waals surface area contributed by atoms with E-state index in [1.54, 1.807) is 5.57 Å². The minimum absolute atomic E-state index is 0.673. The van der Waals surface area contributed by atoms with Crippen LogP contribution in [0.1, 0.15) is 20.3 Å². The van der Waals surface area contributed by atoms with Crippen LogP contribution in [0.2, 0.25) is 0 Å². The van der Waals surface area contributed by atoms with Crippen molar-refractivity contribution in [2.45, 2.75) is 20.3 Å². The molecule has 2 nitrogen and oxygen atoms in total. The highest BCUT2D eigenvalue weighted by atomic mass is 31.2. The predicted octanol–water partition coefficient (Wildman–Crippen LogP) is 2.85. The third kappa shape index (κ3) is 3.98. The van der Waals surface area contributed by atoms with Gasteiger partial charge in [-0.1, -0.05) is 25.5 Å². The van der Waals surface area contributed by atoms with E-state index < -0.39 is 7.14 Å². The molecule has 0 saturated carbocycles. The fourth-order valence-electron chi connectivity index (χ4n) is 1.86. The second-order valence-corrected chi connectivity index (χ2v) is 8.41. The van der Waals surface area contributed by atoms with E-state index in [9.17, 15) is 4.57 Å². The van der Waals surface area contributed by atoms with Gasteiger partial charge in [0.15, 0.2) is 0 Å². The van der Waals surface area contributed by atoms with E-state index in [0.717, 1.165) is 25.8 Å². The van der Waals surface area contributed by atoms with Crippen LogP contribution in [0.25, 0.3) is 0 Å². The quantitative estimate of drug-likeness (QED) is 0.533. The lowest BCUT2D eigenvalue weighted by molar-refractivity contribution is 0.330. The molecule has 0 unspecified atom stereocenters. The van der Waals surface area contributed by atoms with Crippen molar-refractivity contribution in [3.8, 4) is 0 Å². The molecule has 0 aromatic heterocycles. The Kier molecular flexibility index (Phi) is 3.97. The molecule has 0 fully saturated rings. The molecule has 0 atom stereocenters. The molecular weight excluding hydrogens is 193 g/mol. The molecule has 0 radical (unpaired) electrons. The van der Waals surface area contributed by atoms with Crippen molar-refractivity contribution in [2.24, 2.45) is 5.92 Å². The van der Waals surface area contributed by atoms with Crippen molar-refractivity contribution in [2.75, 3.05) is 32.7 Å². The van der Waals surface area contributed by atoms with Gasteiger partial charge in [0.1, 0.15) is 0 Å². The van der Waals surface area contributed by atoms with Gasteiger partial charge < -0.3 is 4.57 Å². The van der Waals surface area contributed by atoms with Crippen molar-refractivity contribution in [1.82, 2.24) is 4.90 Å². The molecular formula is C11H22NOP. The maximum atomic E-state index is 11.6. The molecule has 0 N–H and O–H groups in total. The van der Waals surface area contributed by atoms with Gasteiger partial charge in [-0.15, -0.1) is 0 Å². The van der Waals surface area contributed by atoms with E-state index >= 15 is 0 Å². The van der Waals surface area contributed by atoms with Crippen LogP contribution in [-0.4, -0.2) is 37.6 Å². The second kappa shape index (κ2) is 4.63. The first kappa shape index (κ1) is 12.0. The third-order valence-electron chi connectivity index (χ3n) is 2.61. The van der Waals surface area contributed by atoms with E-state index in [0.29, 0.717) is 5.92 Å². The zero-order valence-corrected chi connectivity index (χ0v) is 10.7. The molecule has 1 heterocycles. The standard InChI is InChI=1S/C11H22NOP/c1-10(2)11-5-7-12(8-6-11)9-14(3,4)13/h5,10H,6-9H2,1-4H3. The Morgan fingerprint density at radius 2 is 2.14 bits per heavy atom. The van der Waals surface area contributed by atoms with Gasteiger partial charge in [-0.3, -0.25) is 4.90 Å². The minimum atomic E-state index is -1.88. The second-order valence-electron chi connectivity index (χ2n) is 4.98. The Morgan fingerprint density at radius 1 is 1.50 bits per heavy atom. The molecule has 1 rings (SSSR count). The Hall–Kier alpha value is -0.0700. The molecule has 0 aliphatic carbocycles. The number of hydrogen-bond donors (Lipinski definition) is 0. The molecule has 0 aromatic rings. The first-order valence-electron chi connectivity index (χ1n) is 5.34. The van der Waals surface area contributed by atoms with Gasteiger partial charge >= 0.3 is 0 Å². The molecule has 3 heteroatoms. The molecule has 1 aliphatic heterocycles. The molecule has 1 aliphatic rings. The van der Waals surface area contributed by atoms with Crippen molar-refractivity contribution in [3.05, 3.63) is 11.6 Å². The highest BCUT2D eigenvalue weighted by Crippen LogP contribution is 2.37. The van der Waals surface area contributed by atoms with E-state index in [2.05, 4.69) is 24.8 Å². The van der Waals surface area contributed by atoms with Crippen LogP contribution in [0.15, 0.2) is 11.6 Å². The Labute approximate surface area is 87.7 Å². The maximum Gasteiger partial charge on any atom is 0.0951 e. The number of nitrogens with zero attached hydrogens (tertiary/aromatic N) is 1. The molecule has 0 bridgehead atoms. The van der Waals surface area contributed by atoms with Crippen LogP contribution in [0.5, 0.6) is 0 Å². The van der Waals surface area contributed by atoms with Crippen LogP contribution < -0.4 is 0 Å². The van der Waals surface area contributed by atoms with Crippen molar-refractivity contribution in [1.29, 1.82) is 0 Å². The normalized spacial score (nSPS) is 19.9. The van der Waals surface area contributed by atoms with Gasteiger partial charge in [-0.2, -0.15) is 0 Å². The fourth-order valence-corrected chi connectivity index (χ4v) is 3.08. The highest BCUT2D eigenvalue weighted by molar-refractivity contribution is 7.62. The summed E-state index contributed by atoms with van der Waals surface area (Å²) in [5, 5.41) is 0. The van der Waals surface area contributed by atoms with Gasteiger partial charge in [-0.05, 0) is 25.7 Å². The summed E-state index contributed by atoms with van der Waals surface area (Å²) in [6, 6.07) is 0. The van der Waals surface area contributed by atoms with Crippen molar-refractivity contribution >= 4 is 7.14 Å². The zero-order valence-electron chi connectivity index (χ0n) is 9.79. The predicted molar refractivity (Wildman–Crippen MR) is 63.4 cm³/mol.